The molecule has 0 amide bonds. The number of carbonyl (C=O) groups excluding carboxylic acids is 2. The average Bonchev–Trinajstić information content (AvgIpc) is 2.78. The molecular weight excluding hydrogens is 414 g/mol. The van der Waals surface area contributed by atoms with Crippen molar-refractivity contribution in [2.45, 2.75) is 111 Å². The van der Waals surface area contributed by atoms with Crippen LogP contribution in [0.4, 0.5) is 0 Å². The van der Waals surface area contributed by atoms with Gasteiger partial charge in [0.15, 0.2) is 0 Å². The quantitative estimate of drug-likeness (QED) is 0.0923. The Morgan fingerprint density at radius 3 is 1.24 bits per heavy atom. The van der Waals surface area contributed by atoms with Gasteiger partial charge >= 0.3 is 11.9 Å². The predicted molar refractivity (Wildman–Crippen MR) is 138 cm³/mol. The lowest BCUT2D eigenvalue weighted by atomic mass is 10.0. The summed E-state index contributed by atoms with van der Waals surface area (Å²) in [7, 11) is 0. The third-order valence-corrected chi connectivity index (χ3v) is 5.81. The van der Waals surface area contributed by atoms with Crippen molar-refractivity contribution in [3.05, 3.63) is 24.3 Å². The molecule has 0 aromatic rings. The molecule has 0 aliphatic heterocycles. The van der Waals surface area contributed by atoms with Crippen molar-refractivity contribution in [2.75, 3.05) is 32.8 Å². The highest BCUT2D eigenvalue weighted by molar-refractivity contribution is 5.87. The maximum Gasteiger partial charge on any atom is 0.333 e. The zero-order chi connectivity index (χ0) is 24.7. The Bertz CT molecular complexity index is 512. The third-order valence-electron chi connectivity index (χ3n) is 5.81. The van der Waals surface area contributed by atoms with Gasteiger partial charge in [-0.25, -0.2) is 9.59 Å². The van der Waals surface area contributed by atoms with Gasteiger partial charge in [0.2, 0.25) is 0 Å². The number of ether oxygens (including phenoxy) is 2. The molecule has 33 heavy (non-hydrogen) atoms. The number of esters is 2. The molecular formula is C28H51NO4. The molecule has 5 heteroatoms. The zero-order valence-electron chi connectivity index (χ0n) is 21.9. The second-order valence-electron chi connectivity index (χ2n) is 9.27. The van der Waals surface area contributed by atoms with Crippen molar-refractivity contribution in [2.24, 2.45) is 0 Å². The second kappa shape index (κ2) is 22.2. The molecule has 192 valence electrons. The number of hydrogen-bond acceptors (Lipinski definition) is 5. The van der Waals surface area contributed by atoms with Crippen molar-refractivity contribution >= 4 is 11.9 Å². The number of hydrogen-bond donors (Lipinski definition) is 0. The molecule has 0 atom stereocenters. The lowest BCUT2D eigenvalue weighted by Gasteiger charge is -2.22. The topological polar surface area (TPSA) is 55.8 Å². The van der Waals surface area contributed by atoms with Crippen LogP contribution in [0.3, 0.4) is 0 Å². The molecule has 0 unspecified atom stereocenters. The maximum absolute atomic E-state index is 11.6. The Labute approximate surface area is 204 Å². The first-order valence-electron chi connectivity index (χ1n) is 13.3. The van der Waals surface area contributed by atoms with E-state index in [1.165, 1.54) is 83.5 Å². The monoisotopic (exact) mass is 465 g/mol. The van der Waals surface area contributed by atoms with Gasteiger partial charge < -0.3 is 9.47 Å². The van der Waals surface area contributed by atoms with Crippen LogP contribution < -0.4 is 0 Å². The van der Waals surface area contributed by atoms with Crippen LogP contribution in [0.15, 0.2) is 24.3 Å². The molecule has 0 saturated carbocycles. The first kappa shape index (κ1) is 31.4. The molecule has 0 fully saturated rings. The first-order chi connectivity index (χ1) is 15.9. The van der Waals surface area contributed by atoms with E-state index in [0.29, 0.717) is 37.4 Å². The Morgan fingerprint density at radius 2 is 0.909 bits per heavy atom. The fourth-order valence-electron chi connectivity index (χ4n) is 3.65. The lowest BCUT2D eigenvalue weighted by Crippen LogP contribution is -2.33. The summed E-state index contributed by atoms with van der Waals surface area (Å²) in [5.74, 6) is -0.722. The molecule has 0 rings (SSSR count). The molecule has 0 saturated heterocycles. The van der Waals surface area contributed by atoms with E-state index in [2.05, 4.69) is 25.0 Å². The van der Waals surface area contributed by atoms with Gasteiger partial charge in [0.1, 0.15) is 13.2 Å². The van der Waals surface area contributed by atoms with E-state index in [-0.39, 0.29) is 11.9 Å². The number of nitrogens with zero attached hydrogens (tertiary/aromatic N) is 1. The number of rotatable bonds is 23. The van der Waals surface area contributed by atoms with Crippen LogP contribution in [0.5, 0.6) is 0 Å². The molecule has 0 aromatic carbocycles. The molecule has 0 bridgehead atoms. The van der Waals surface area contributed by atoms with Gasteiger partial charge in [0.05, 0.1) is 0 Å². The highest BCUT2D eigenvalue weighted by Crippen LogP contribution is 2.13. The normalized spacial score (nSPS) is 10.9. The Hall–Kier alpha value is -1.62. The number of unbranched alkanes of at least 4 members (excludes halogenated alkanes) is 13. The molecule has 0 aliphatic carbocycles. The smallest absolute Gasteiger partial charge is 0.333 e. The van der Waals surface area contributed by atoms with E-state index in [1.54, 1.807) is 13.8 Å². The summed E-state index contributed by atoms with van der Waals surface area (Å²) in [5, 5.41) is 0. The minimum absolute atomic E-state index is 0.318. The Morgan fingerprint density at radius 1 is 0.576 bits per heavy atom. The summed E-state index contributed by atoms with van der Waals surface area (Å²) in [6, 6.07) is 0. The maximum atomic E-state index is 11.6. The largest absolute Gasteiger partial charge is 0.461 e. The minimum Gasteiger partial charge on any atom is -0.461 e. The van der Waals surface area contributed by atoms with Gasteiger partial charge in [-0.2, -0.15) is 0 Å². The average molecular weight is 466 g/mol. The molecule has 0 spiro atoms. The van der Waals surface area contributed by atoms with Crippen LogP contribution in [0.25, 0.3) is 0 Å². The first-order valence-corrected chi connectivity index (χ1v) is 13.3. The van der Waals surface area contributed by atoms with Crippen molar-refractivity contribution in [3.63, 3.8) is 0 Å². The van der Waals surface area contributed by atoms with E-state index in [1.807, 2.05) is 0 Å². The minimum atomic E-state index is -0.361. The Kier molecular flexibility index (Phi) is 21.1. The Balaban J connectivity index is 3.88. The van der Waals surface area contributed by atoms with Gasteiger partial charge in [-0.05, 0) is 26.8 Å². The fraction of sp³-hybridized carbons (Fsp3) is 0.786. The van der Waals surface area contributed by atoms with E-state index in [4.69, 9.17) is 9.47 Å². The van der Waals surface area contributed by atoms with Crippen LogP contribution in [-0.4, -0.2) is 49.7 Å². The van der Waals surface area contributed by atoms with E-state index >= 15 is 0 Å². The predicted octanol–water partition coefficient (Wildman–Crippen LogP) is 7.01. The van der Waals surface area contributed by atoms with Crippen molar-refractivity contribution < 1.29 is 19.1 Å². The SMILES string of the molecule is C=C(C)C(=O)OCCN(CCCCCCCCCCCCCCCC)CCOC(=O)C(=C)C. The van der Waals surface area contributed by atoms with Crippen LogP contribution in [0.1, 0.15) is 111 Å². The summed E-state index contributed by atoms with van der Waals surface area (Å²) < 4.78 is 10.4. The third kappa shape index (κ3) is 20.7. The summed E-state index contributed by atoms with van der Waals surface area (Å²) in [5.41, 5.74) is 0.813. The van der Waals surface area contributed by atoms with Crippen LogP contribution in [0.2, 0.25) is 0 Å². The van der Waals surface area contributed by atoms with Gasteiger partial charge in [-0.15, -0.1) is 0 Å². The van der Waals surface area contributed by atoms with Crippen molar-refractivity contribution in [1.82, 2.24) is 4.90 Å². The summed E-state index contributed by atoms with van der Waals surface area (Å²) >= 11 is 0. The second-order valence-corrected chi connectivity index (χ2v) is 9.27. The van der Waals surface area contributed by atoms with E-state index in [9.17, 15) is 9.59 Å². The highest BCUT2D eigenvalue weighted by atomic mass is 16.5. The van der Waals surface area contributed by atoms with Crippen molar-refractivity contribution in [3.8, 4) is 0 Å². The lowest BCUT2D eigenvalue weighted by molar-refractivity contribution is -0.139. The van der Waals surface area contributed by atoms with Crippen LogP contribution in [-0.2, 0) is 19.1 Å². The molecule has 0 aromatic heterocycles. The van der Waals surface area contributed by atoms with Gasteiger partial charge in [-0.3, -0.25) is 4.90 Å². The summed E-state index contributed by atoms with van der Waals surface area (Å²) in [6.07, 6.45) is 18.7. The molecule has 0 N–H and O–H groups in total. The fourth-order valence-corrected chi connectivity index (χ4v) is 3.65. The summed E-state index contributed by atoms with van der Waals surface area (Å²) in [4.78, 5) is 25.4. The van der Waals surface area contributed by atoms with Gasteiger partial charge in [0, 0.05) is 24.2 Å². The summed E-state index contributed by atoms with van der Waals surface area (Å²) in [6.45, 7) is 15.6. The zero-order valence-corrected chi connectivity index (χ0v) is 21.9. The van der Waals surface area contributed by atoms with Gasteiger partial charge in [-0.1, -0.05) is 104 Å². The highest BCUT2D eigenvalue weighted by Gasteiger charge is 2.10. The van der Waals surface area contributed by atoms with Crippen LogP contribution in [0, 0.1) is 0 Å². The standard InChI is InChI=1S/C28H51NO4/c1-6-7-8-9-10-11-12-13-14-15-16-17-18-19-20-29(21-23-32-27(30)25(2)3)22-24-33-28(31)26(4)5/h2,4,6-24H2,1,3,5H3. The molecule has 0 radical (unpaired) electrons. The molecule has 0 aliphatic rings. The molecule has 5 nitrogen and oxygen atoms in total. The van der Waals surface area contributed by atoms with E-state index in [0.717, 1.165) is 13.0 Å². The number of carbonyl (C=O) groups is 2. The van der Waals surface area contributed by atoms with Gasteiger partial charge in [0.25, 0.3) is 0 Å². The van der Waals surface area contributed by atoms with E-state index < -0.39 is 0 Å². The van der Waals surface area contributed by atoms with Crippen LogP contribution >= 0.6 is 0 Å². The molecule has 0 heterocycles. The van der Waals surface area contributed by atoms with Crippen molar-refractivity contribution in [1.29, 1.82) is 0 Å².